The summed E-state index contributed by atoms with van der Waals surface area (Å²) in [6.07, 6.45) is 3.07. The molecule has 4 heteroatoms. The monoisotopic (exact) mass is 290 g/mol. The van der Waals surface area contributed by atoms with Gasteiger partial charge in [-0.05, 0) is 57.4 Å². The number of benzene rings is 1. The van der Waals surface area contributed by atoms with Gasteiger partial charge in [0.1, 0.15) is 0 Å². The predicted molar refractivity (Wildman–Crippen MR) is 85.7 cm³/mol. The highest BCUT2D eigenvalue weighted by atomic mass is 16.5. The molecule has 1 aromatic rings. The highest BCUT2D eigenvalue weighted by Crippen LogP contribution is 2.29. The topological polar surface area (TPSA) is 50.4 Å². The quantitative estimate of drug-likeness (QED) is 0.875. The maximum absolute atomic E-state index is 11.7. The molecule has 0 bridgehead atoms. The lowest BCUT2D eigenvalue weighted by Gasteiger charge is -2.38. The molecule has 2 atom stereocenters. The number of nitrogens with one attached hydrogen (secondary N) is 2. The van der Waals surface area contributed by atoms with Crippen LogP contribution in [0.1, 0.15) is 50.4 Å². The van der Waals surface area contributed by atoms with Gasteiger partial charge in [-0.3, -0.25) is 4.79 Å². The van der Waals surface area contributed by atoms with Crippen molar-refractivity contribution in [1.82, 2.24) is 5.32 Å². The van der Waals surface area contributed by atoms with Crippen molar-refractivity contribution in [1.29, 1.82) is 0 Å². The summed E-state index contributed by atoms with van der Waals surface area (Å²) in [5.74, 6) is -0.0197. The van der Waals surface area contributed by atoms with Crippen LogP contribution in [0.25, 0.3) is 0 Å². The van der Waals surface area contributed by atoms with Crippen LogP contribution in [0.15, 0.2) is 24.3 Å². The maximum Gasteiger partial charge on any atom is 0.251 e. The Bertz CT molecular complexity index is 472. The summed E-state index contributed by atoms with van der Waals surface area (Å²) in [5.41, 5.74) is 1.75. The Morgan fingerprint density at radius 1 is 1.33 bits per heavy atom. The van der Waals surface area contributed by atoms with E-state index in [0.717, 1.165) is 31.6 Å². The molecular weight excluding hydrogens is 264 g/mol. The van der Waals surface area contributed by atoms with E-state index in [4.69, 9.17) is 4.74 Å². The number of rotatable bonds is 5. The zero-order valence-electron chi connectivity index (χ0n) is 13.2. The minimum atomic E-state index is -0.0197. The molecule has 1 aromatic carbocycles. The van der Waals surface area contributed by atoms with Crippen molar-refractivity contribution < 1.29 is 9.53 Å². The first-order chi connectivity index (χ1) is 10.1. The number of carbonyl (C=O) groups is 1. The largest absolute Gasteiger partial charge is 0.382 e. The van der Waals surface area contributed by atoms with Crippen molar-refractivity contribution in [3.8, 4) is 0 Å². The minimum Gasteiger partial charge on any atom is -0.382 e. The van der Waals surface area contributed by atoms with E-state index in [9.17, 15) is 4.79 Å². The van der Waals surface area contributed by atoms with E-state index in [2.05, 4.69) is 24.5 Å². The SMILES string of the molecule is CCNC(=O)c1ccc(NC2CCOC(C)(CC)C2)cc1. The van der Waals surface area contributed by atoms with Crippen LogP contribution < -0.4 is 10.6 Å². The van der Waals surface area contributed by atoms with Crippen LogP contribution in [0.5, 0.6) is 0 Å². The van der Waals surface area contributed by atoms with Gasteiger partial charge in [0.25, 0.3) is 5.91 Å². The summed E-state index contributed by atoms with van der Waals surface area (Å²) in [6.45, 7) is 7.72. The number of anilines is 1. The molecule has 1 aliphatic rings. The van der Waals surface area contributed by atoms with Crippen LogP contribution in [0.2, 0.25) is 0 Å². The van der Waals surface area contributed by atoms with Gasteiger partial charge in [-0.25, -0.2) is 0 Å². The molecule has 116 valence electrons. The molecule has 2 N–H and O–H groups in total. The molecule has 2 rings (SSSR count). The Hall–Kier alpha value is -1.55. The van der Waals surface area contributed by atoms with Crippen LogP contribution in [0, 0.1) is 0 Å². The van der Waals surface area contributed by atoms with Crippen molar-refractivity contribution in [2.24, 2.45) is 0 Å². The van der Waals surface area contributed by atoms with Gasteiger partial charge in [-0.2, -0.15) is 0 Å². The predicted octanol–water partition coefficient (Wildman–Crippen LogP) is 3.20. The van der Waals surface area contributed by atoms with Crippen molar-refractivity contribution in [2.75, 3.05) is 18.5 Å². The van der Waals surface area contributed by atoms with Crippen LogP contribution in [0.3, 0.4) is 0 Å². The maximum atomic E-state index is 11.7. The first-order valence-electron chi connectivity index (χ1n) is 7.85. The van der Waals surface area contributed by atoms with Gasteiger partial charge in [0.2, 0.25) is 0 Å². The first kappa shape index (κ1) is 15.8. The fraction of sp³-hybridized carbons (Fsp3) is 0.588. The van der Waals surface area contributed by atoms with E-state index in [-0.39, 0.29) is 11.5 Å². The number of hydrogen-bond donors (Lipinski definition) is 2. The molecule has 1 heterocycles. The van der Waals surface area contributed by atoms with Gasteiger partial charge in [0.15, 0.2) is 0 Å². The smallest absolute Gasteiger partial charge is 0.251 e. The van der Waals surface area contributed by atoms with E-state index in [1.165, 1.54) is 0 Å². The summed E-state index contributed by atoms with van der Waals surface area (Å²) >= 11 is 0. The van der Waals surface area contributed by atoms with Crippen molar-refractivity contribution in [3.63, 3.8) is 0 Å². The van der Waals surface area contributed by atoms with Gasteiger partial charge in [-0.1, -0.05) is 6.92 Å². The second-order valence-corrected chi connectivity index (χ2v) is 5.92. The van der Waals surface area contributed by atoms with Gasteiger partial charge in [0, 0.05) is 30.4 Å². The number of carbonyl (C=O) groups excluding carboxylic acids is 1. The summed E-state index contributed by atoms with van der Waals surface area (Å²) in [4.78, 5) is 11.7. The molecule has 0 spiro atoms. The normalized spacial score (nSPS) is 25.4. The fourth-order valence-corrected chi connectivity index (χ4v) is 2.72. The third kappa shape index (κ3) is 4.21. The average molecular weight is 290 g/mol. The Balaban J connectivity index is 1.95. The highest BCUT2D eigenvalue weighted by Gasteiger charge is 2.31. The van der Waals surface area contributed by atoms with Crippen molar-refractivity contribution in [3.05, 3.63) is 29.8 Å². The van der Waals surface area contributed by atoms with Gasteiger partial charge in [0.05, 0.1) is 5.60 Å². The third-order valence-corrected chi connectivity index (χ3v) is 4.20. The van der Waals surface area contributed by atoms with Crippen LogP contribution in [-0.4, -0.2) is 30.7 Å². The lowest BCUT2D eigenvalue weighted by Crippen LogP contribution is -2.41. The lowest BCUT2D eigenvalue weighted by molar-refractivity contribution is -0.0708. The number of amides is 1. The molecule has 21 heavy (non-hydrogen) atoms. The lowest BCUT2D eigenvalue weighted by atomic mass is 9.90. The van der Waals surface area contributed by atoms with E-state index >= 15 is 0 Å². The standard InChI is InChI=1S/C17H26N2O2/c1-4-17(3)12-15(10-11-21-17)19-14-8-6-13(7-9-14)16(20)18-5-2/h6-9,15,19H,4-5,10-12H2,1-3H3,(H,18,20). The van der Waals surface area contributed by atoms with Crippen LogP contribution >= 0.6 is 0 Å². The van der Waals surface area contributed by atoms with E-state index < -0.39 is 0 Å². The zero-order valence-corrected chi connectivity index (χ0v) is 13.2. The Morgan fingerprint density at radius 3 is 2.67 bits per heavy atom. The molecule has 0 aromatic heterocycles. The van der Waals surface area contributed by atoms with Crippen molar-refractivity contribution >= 4 is 11.6 Å². The summed E-state index contributed by atoms with van der Waals surface area (Å²) < 4.78 is 5.87. The Kier molecular flexibility index (Phi) is 5.23. The second-order valence-electron chi connectivity index (χ2n) is 5.92. The molecule has 1 aliphatic heterocycles. The molecule has 0 aliphatic carbocycles. The summed E-state index contributed by atoms with van der Waals surface area (Å²) in [7, 11) is 0. The van der Waals surface area contributed by atoms with E-state index in [0.29, 0.717) is 18.2 Å². The summed E-state index contributed by atoms with van der Waals surface area (Å²) in [6, 6.07) is 8.11. The minimum absolute atomic E-state index is 0.0170. The summed E-state index contributed by atoms with van der Waals surface area (Å²) in [5, 5.41) is 6.36. The molecule has 4 nitrogen and oxygen atoms in total. The number of hydrogen-bond acceptors (Lipinski definition) is 3. The first-order valence-corrected chi connectivity index (χ1v) is 7.85. The van der Waals surface area contributed by atoms with E-state index in [1.807, 2.05) is 31.2 Å². The van der Waals surface area contributed by atoms with Gasteiger partial charge in [-0.15, -0.1) is 0 Å². The average Bonchev–Trinajstić information content (AvgIpc) is 2.48. The molecule has 1 amide bonds. The number of ether oxygens (including phenoxy) is 1. The second kappa shape index (κ2) is 6.94. The Morgan fingerprint density at radius 2 is 2.05 bits per heavy atom. The van der Waals surface area contributed by atoms with E-state index in [1.54, 1.807) is 0 Å². The van der Waals surface area contributed by atoms with Gasteiger partial charge >= 0.3 is 0 Å². The molecule has 0 saturated carbocycles. The molecule has 1 saturated heterocycles. The molecule has 1 fully saturated rings. The van der Waals surface area contributed by atoms with Crippen molar-refractivity contribution in [2.45, 2.75) is 51.7 Å². The fourth-order valence-electron chi connectivity index (χ4n) is 2.72. The van der Waals surface area contributed by atoms with Gasteiger partial charge < -0.3 is 15.4 Å². The van der Waals surface area contributed by atoms with Crippen LogP contribution in [-0.2, 0) is 4.74 Å². The zero-order chi connectivity index (χ0) is 15.3. The molecule has 0 radical (unpaired) electrons. The molecular formula is C17H26N2O2. The highest BCUT2D eigenvalue weighted by molar-refractivity contribution is 5.94. The van der Waals surface area contributed by atoms with Crippen LogP contribution in [0.4, 0.5) is 5.69 Å². The third-order valence-electron chi connectivity index (χ3n) is 4.20. The Labute approximate surface area is 127 Å². The molecule has 2 unspecified atom stereocenters.